The molecule has 2 aromatic carbocycles. The molecule has 184 valence electrons. The smallest absolute Gasteiger partial charge is 0.325 e. The zero-order valence-corrected chi connectivity index (χ0v) is 19.9. The molecule has 3 aromatic rings. The van der Waals surface area contributed by atoms with Gasteiger partial charge in [-0.05, 0) is 67.1 Å². The number of likely N-dealkylation sites (tertiary alicyclic amines) is 1. The van der Waals surface area contributed by atoms with Crippen molar-refractivity contribution in [3.8, 4) is 0 Å². The Morgan fingerprint density at radius 2 is 1.83 bits per heavy atom. The molecule has 5 rings (SSSR count). The van der Waals surface area contributed by atoms with E-state index in [0.29, 0.717) is 6.42 Å². The summed E-state index contributed by atoms with van der Waals surface area (Å²) in [5, 5.41) is 4.25. The van der Waals surface area contributed by atoms with Crippen LogP contribution in [-0.4, -0.2) is 65.6 Å². The van der Waals surface area contributed by atoms with Gasteiger partial charge in [0.2, 0.25) is 0 Å². The minimum absolute atomic E-state index is 0.0180. The van der Waals surface area contributed by atoms with Gasteiger partial charge < -0.3 is 15.0 Å². The molecule has 0 radical (unpaired) electrons. The van der Waals surface area contributed by atoms with E-state index in [1.54, 1.807) is 19.2 Å². The Labute approximate surface area is 204 Å². The summed E-state index contributed by atoms with van der Waals surface area (Å²) in [6.07, 6.45) is 1.91. The average Bonchev–Trinajstić information content (AvgIpc) is 3.37. The van der Waals surface area contributed by atoms with E-state index in [2.05, 4.69) is 33.4 Å². The summed E-state index contributed by atoms with van der Waals surface area (Å²) in [5.41, 5.74) is 2.09. The van der Waals surface area contributed by atoms with E-state index in [0.717, 1.165) is 43.6 Å². The van der Waals surface area contributed by atoms with Crippen molar-refractivity contribution in [2.75, 3.05) is 33.4 Å². The quantitative estimate of drug-likeness (QED) is 0.484. The van der Waals surface area contributed by atoms with Gasteiger partial charge in [0.05, 0.1) is 13.2 Å². The highest BCUT2D eigenvalue weighted by Gasteiger charge is 2.55. The molecule has 2 N–H and O–H groups in total. The second-order valence-corrected chi connectivity index (χ2v) is 9.59. The van der Waals surface area contributed by atoms with Crippen molar-refractivity contribution in [3.63, 3.8) is 0 Å². The summed E-state index contributed by atoms with van der Waals surface area (Å²) in [6.45, 7) is 2.96. The van der Waals surface area contributed by atoms with Crippen molar-refractivity contribution in [2.24, 2.45) is 5.92 Å². The number of halogens is 1. The first-order valence-electron chi connectivity index (χ1n) is 12.1. The number of piperidine rings is 1. The summed E-state index contributed by atoms with van der Waals surface area (Å²) in [7, 11) is 1.55. The molecular formula is C27H31FN4O3. The number of carbonyl (C=O) groups is 2. The van der Waals surface area contributed by atoms with E-state index < -0.39 is 5.54 Å². The Morgan fingerprint density at radius 1 is 1.09 bits per heavy atom. The van der Waals surface area contributed by atoms with Crippen LogP contribution in [0.15, 0.2) is 54.6 Å². The Balaban J connectivity index is 1.33. The molecule has 2 fully saturated rings. The molecule has 0 spiro atoms. The summed E-state index contributed by atoms with van der Waals surface area (Å²) < 4.78 is 18.6. The van der Waals surface area contributed by atoms with Crippen LogP contribution in [0.5, 0.6) is 0 Å². The molecular weight excluding hydrogens is 447 g/mol. The van der Waals surface area contributed by atoms with Crippen LogP contribution < -0.4 is 5.32 Å². The summed E-state index contributed by atoms with van der Waals surface area (Å²) in [4.78, 5) is 33.7. The molecule has 2 aliphatic heterocycles. The number of urea groups is 1. The van der Waals surface area contributed by atoms with Crippen LogP contribution in [0.25, 0.3) is 10.9 Å². The predicted molar refractivity (Wildman–Crippen MR) is 131 cm³/mol. The molecule has 2 saturated heterocycles. The molecule has 3 heterocycles. The third-order valence-electron chi connectivity index (χ3n) is 7.38. The number of para-hydroxylation sites is 1. The van der Waals surface area contributed by atoms with Gasteiger partial charge in [0.25, 0.3) is 5.91 Å². The number of nitrogens with zero attached hydrogens (tertiary/aromatic N) is 2. The number of hydrogen-bond donors (Lipinski definition) is 2. The molecule has 7 nitrogen and oxygen atoms in total. The Hall–Kier alpha value is -3.23. The van der Waals surface area contributed by atoms with Crippen LogP contribution in [-0.2, 0) is 22.5 Å². The first kappa shape index (κ1) is 23.5. The van der Waals surface area contributed by atoms with Gasteiger partial charge in [-0.25, -0.2) is 9.18 Å². The van der Waals surface area contributed by atoms with Gasteiger partial charge in [0.15, 0.2) is 0 Å². The number of nitrogens with one attached hydrogen (secondary N) is 2. The van der Waals surface area contributed by atoms with Crippen LogP contribution in [0.3, 0.4) is 0 Å². The maximum atomic E-state index is 13.7. The second kappa shape index (κ2) is 9.79. The number of benzene rings is 2. The highest BCUT2D eigenvalue weighted by Crippen LogP contribution is 2.37. The van der Waals surface area contributed by atoms with Gasteiger partial charge in [0.1, 0.15) is 11.4 Å². The fraction of sp³-hybridized carbons (Fsp3) is 0.407. The Kier molecular flexibility index (Phi) is 6.58. The monoisotopic (exact) mass is 478 g/mol. The van der Waals surface area contributed by atoms with Crippen molar-refractivity contribution in [1.82, 2.24) is 20.1 Å². The topological polar surface area (TPSA) is 77.7 Å². The van der Waals surface area contributed by atoms with Crippen molar-refractivity contribution < 1.29 is 18.7 Å². The third-order valence-corrected chi connectivity index (χ3v) is 7.38. The normalized spacial score (nSPS) is 21.7. The summed E-state index contributed by atoms with van der Waals surface area (Å²) in [5.74, 6) is -0.551. The SMILES string of the molecule is COCCN1C(=O)N[C@@](Cc2ccc(F)cc2)(C2CCN(Cc3cc4ccccc4[nH]3)CC2)C1=O. The van der Waals surface area contributed by atoms with Crippen LogP contribution >= 0.6 is 0 Å². The van der Waals surface area contributed by atoms with Gasteiger partial charge in [-0.2, -0.15) is 0 Å². The van der Waals surface area contributed by atoms with E-state index >= 15 is 0 Å². The zero-order chi connectivity index (χ0) is 24.4. The number of aromatic amines is 1. The van der Waals surface area contributed by atoms with Crippen LogP contribution in [0.2, 0.25) is 0 Å². The predicted octanol–water partition coefficient (Wildman–Crippen LogP) is 3.70. The molecule has 8 heteroatoms. The van der Waals surface area contributed by atoms with E-state index in [1.807, 2.05) is 12.1 Å². The molecule has 1 aromatic heterocycles. The lowest BCUT2D eigenvalue weighted by atomic mass is 9.74. The molecule has 35 heavy (non-hydrogen) atoms. The van der Waals surface area contributed by atoms with Crippen LogP contribution in [0.1, 0.15) is 24.1 Å². The minimum atomic E-state index is -1.03. The number of amides is 3. The van der Waals surface area contributed by atoms with Crippen molar-refractivity contribution in [2.45, 2.75) is 31.3 Å². The van der Waals surface area contributed by atoms with Crippen molar-refractivity contribution >= 4 is 22.8 Å². The summed E-state index contributed by atoms with van der Waals surface area (Å²) in [6, 6.07) is 16.2. The third kappa shape index (κ3) is 4.68. The van der Waals surface area contributed by atoms with Gasteiger partial charge in [-0.15, -0.1) is 0 Å². The summed E-state index contributed by atoms with van der Waals surface area (Å²) >= 11 is 0. The zero-order valence-electron chi connectivity index (χ0n) is 19.9. The van der Waals surface area contributed by atoms with E-state index in [1.165, 1.54) is 28.1 Å². The van der Waals surface area contributed by atoms with Gasteiger partial charge in [-0.3, -0.25) is 14.6 Å². The number of aromatic nitrogens is 1. The highest BCUT2D eigenvalue weighted by molar-refractivity contribution is 6.07. The first-order chi connectivity index (χ1) is 17.0. The lowest BCUT2D eigenvalue weighted by molar-refractivity contribution is -0.134. The number of imide groups is 1. The average molecular weight is 479 g/mol. The molecule has 0 saturated carbocycles. The van der Waals surface area contributed by atoms with Crippen molar-refractivity contribution in [3.05, 3.63) is 71.7 Å². The standard InChI is InChI=1S/C27H31FN4O3/c1-35-15-14-32-25(33)27(30-26(32)34,17-19-6-8-22(28)9-7-19)21-10-12-31(13-11-21)18-23-16-20-4-2-3-5-24(20)29-23/h2-9,16,21,29H,10-15,17-18H2,1H3,(H,30,34)/t27-/m0/s1. The van der Waals surface area contributed by atoms with Gasteiger partial charge >= 0.3 is 6.03 Å². The van der Waals surface area contributed by atoms with E-state index in [9.17, 15) is 14.0 Å². The minimum Gasteiger partial charge on any atom is -0.383 e. The fourth-order valence-corrected chi connectivity index (χ4v) is 5.54. The molecule has 2 aliphatic rings. The van der Waals surface area contributed by atoms with E-state index in [-0.39, 0.29) is 36.8 Å². The van der Waals surface area contributed by atoms with Gasteiger partial charge in [0, 0.05) is 31.3 Å². The van der Waals surface area contributed by atoms with E-state index in [4.69, 9.17) is 4.74 Å². The molecule has 3 amide bonds. The van der Waals surface area contributed by atoms with Crippen LogP contribution in [0.4, 0.5) is 9.18 Å². The number of fused-ring (bicyclic) bond motifs is 1. The molecule has 0 unspecified atom stereocenters. The van der Waals surface area contributed by atoms with Crippen LogP contribution in [0, 0.1) is 11.7 Å². The number of H-pyrrole nitrogens is 1. The largest absolute Gasteiger partial charge is 0.383 e. The molecule has 1 atom stereocenters. The highest BCUT2D eigenvalue weighted by atomic mass is 19.1. The van der Waals surface area contributed by atoms with Crippen molar-refractivity contribution in [1.29, 1.82) is 0 Å². The lowest BCUT2D eigenvalue weighted by Crippen LogP contribution is -2.57. The van der Waals surface area contributed by atoms with Gasteiger partial charge in [-0.1, -0.05) is 30.3 Å². The Morgan fingerprint density at radius 3 is 2.54 bits per heavy atom. The number of hydrogen-bond acceptors (Lipinski definition) is 4. The maximum absolute atomic E-state index is 13.7. The maximum Gasteiger partial charge on any atom is 0.325 e. The number of ether oxygens (including phenoxy) is 1. The number of methoxy groups -OCH3 is 1. The molecule has 0 bridgehead atoms. The fourth-order valence-electron chi connectivity index (χ4n) is 5.54. The first-order valence-corrected chi connectivity index (χ1v) is 12.1. The lowest BCUT2D eigenvalue weighted by Gasteiger charge is -2.41. The number of carbonyl (C=O) groups excluding carboxylic acids is 2. The molecule has 0 aliphatic carbocycles. The number of rotatable bonds is 8. The Bertz CT molecular complexity index is 1170. The second-order valence-electron chi connectivity index (χ2n) is 9.59.